The highest BCUT2D eigenvalue weighted by atomic mass is 16.2. The van der Waals surface area contributed by atoms with Crippen LogP contribution in [-0.4, -0.2) is 41.5 Å². The molecule has 1 aromatic heterocycles. The van der Waals surface area contributed by atoms with E-state index in [9.17, 15) is 4.79 Å². The molecule has 0 aromatic carbocycles. The van der Waals surface area contributed by atoms with Gasteiger partial charge in [0, 0.05) is 32.9 Å². The van der Waals surface area contributed by atoms with Crippen molar-refractivity contribution in [1.82, 2.24) is 9.88 Å². The molecule has 1 fully saturated rings. The summed E-state index contributed by atoms with van der Waals surface area (Å²) in [5.41, 5.74) is 7.19. The molecule has 98 valence electrons. The lowest BCUT2D eigenvalue weighted by molar-refractivity contribution is -0.136. The van der Waals surface area contributed by atoms with Gasteiger partial charge in [-0.2, -0.15) is 0 Å². The summed E-state index contributed by atoms with van der Waals surface area (Å²) in [6.07, 6.45) is 3.53. The number of pyridine rings is 1. The second-order valence-corrected chi connectivity index (χ2v) is 5.15. The normalized spacial score (nSPS) is 19.2. The molecule has 0 saturated carbocycles. The Morgan fingerprint density at radius 2 is 2.17 bits per heavy atom. The Morgan fingerprint density at radius 1 is 1.44 bits per heavy atom. The number of piperazine rings is 1. The fraction of sp³-hybridized carbons (Fsp3) is 0.538. The first-order chi connectivity index (χ1) is 8.48. The van der Waals surface area contributed by atoms with Crippen LogP contribution in [0.25, 0.3) is 0 Å². The van der Waals surface area contributed by atoms with Crippen LogP contribution in [-0.2, 0) is 11.3 Å². The summed E-state index contributed by atoms with van der Waals surface area (Å²) in [6.45, 7) is 5.86. The Balaban J connectivity index is 2.41. The fourth-order valence-corrected chi connectivity index (χ4v) is 2.47. The van der Waals surface area contributed by atoms with Crippen LogP contribution in [0.1, 0.15) is 19.4 Å². The van der Waals surface area contributed by atoms with Crippen molar-refractivity contribution in [2.45, 2.75) is 25.9 Å². The number of carbonyl (C=O) groups excluding carboxylic acids is 1. The molecule has 2 heterocycles. The monoisotopic (exact) mass is 248 g/mol. The van der Waals surface area contributed by atoms with Crippen molar-refractivity contribution in [2.24, 2.45) is 5.73 Å². The topological polar surface area (TPSA) is 62.5 Å². The molecular formula is C13H20N4O. The lowest BCUT2D eigenvalue weighted by atomic mass is 9.96. The molecule has 5 nitrogen and oxygen atoms in total. The Labute approximate surface area is 108 Å². The van der Waals surface area contributed by atoms with Crippen molar-refractivity contribution >= 4 is 11.6 Å². The Morgan fingerprint density at radius 3 is 2.83 bits per heavy atom. The van der Waals surface area contributed by atoms with Crippen LogP contribution in [0.2, 0.25) is 0 Å². The lowest BCUT2D eigenvalue weighted by Gasteiger charge is -2.46. The van der Waals surface area contributed by atoms with E-state index in [-0.39, 0.29) is 5.91 Å². The number of hydrogen-bond acceptors (Lipinski definition) is 4. The molecule has 0 radical (unpaired) electrons. The van der Waals surface area contributed by atoms with Gasteiger partial charge in [-0.1, -0.05) is 0 Å². The summed E-state index contributed by atoms with van der Waals surface area (Å²) < 4.78 is 0. The molecule has 2 N–H and O–H groups in total. The van der Waals surface area contributed by atoms with E-state index in [1.165, 1.54) is 0 Å². The largest absolute Gasteiger partial charge is 0.354 e. The molecule has 2 rings (SSSR count). The molecule has 18 heavy (non-hydrogen) atoms. The molecule has 5 heteroatoms. The molecule has 0 spiro atoms. The molecule has 0 bridgehead atoms. The van der Waals surface area contributed by atoms with Gasteiger partial charge in [0.15, 0.2) is 0 Å². The van der Waals surface area contributed by atoms with Crippen molar-refractivity contribution in [3.63, 3.8) is 0 Å². The fourth-order valence-electron chi connectivity index (χ4n) is 2.47. The van der Waals surface area contributed by atoms with Gasteiger partial charge in [0.2, 0.25) is 5.91 Å². The predicted octanol–water partition coefficient (Wildman–Crippen LogP) is 0.597. The minimum atomic E-state index is -0.556. The summed E-state index contributed by atoms with van der Waals surface area (Å²) in [5, 5.41) is 0. The number of aromatic nitrogens is 1. The van der Waals surface area contributed by atoms with E-state index < -0.39 is 5.54 Å². The van der Waals surface area contributed by atoms with Crippen LogP contribution < -0.4 is 10.6 Å². The van der Waals surface area contributed by atoms with Crippen molar-refractivity contribution < 1.29 is 4.79 Å². The number of hydrogen-bond donors (Lipinski definition) is 1. The maximum Gasteiger partial charge on any atom is 0.247 e. The quantitative estimate of drug-likeness (QED) is 0.832. The Hall–Kier alpha value is -1.62. The van der Waals surface area contributed by atoms with E-state index in [0.29, 0.717) is 6.54 Å². The molecule has 1 saturated heterocycles. The summed E-state index contributed by atoms with van der Waals surface area (Å²) >= 11 is 0. The van der Waals surface area contributed by atoms with E-state index >= 15 is 0 Å². The van der Waals surface area contributed by atoms with E-state index in [4.69, 9.17) is 5.73 Å². The number of nitrogens with zero attached hydrogens (tertiary/aromatic N) is 3. The number of rotatable bonds is 2. The smallest absolute Gasteiger partial charge is 0.247 e. The zero-order valence-electron chi connectivity index (χ0n) is 11.2. The summed E-state index contributed by atoms with van der Waals surface area (Å²) in [4.78, 5) is 20.3. The van der Waals surface area contributed by atoms with Gasteiger partial charge in [-0.15, -0.1) is 0 Å². The average Bonchev–Trinajstić information content (AvgIpc) is 2.36. The van der Waals surface area contributed by atoms with E-state index in [1.54, 1.807) is 17.3 Å². The van der Waals surface area contributed by atoms with Crippen LogP contribution in [0.15, 0.2) is 18.5 Å². The van der Waals surface area contributed by atoms with E-state index in [2.05, 4.69) is 9.88 Å². The molecule has 0 unspecified atom stereocenters. The third-order valence-corrected chi connectivity index (χ3v) is 3.60. The maximum absolute atomic E-state index is 12.3. The van der Waals surface area contributed by atoms with Crippen LogP contribution >= 0.6 is 0 Å². The summed E-state index contributed by atoms with van der Waals surface area (Å²) in [7, 11) is 1.84. The molecule has 1 amide bonds. The SMILES string of the molecule is CN1CCN(c2cnccc2CN)C(C)(C)C1=O. The Kier molecular flexibility index (Phi) is 3.26. The standard InChI is InChI=1S/C13H20N4O/c1-13(2)12(18)16(3)6-7-17(13)11-9-15-5-4-10(11)8-14/h4-5,9H,6-8,14H2,1-3H3. The van der Waals surface area contributed by atoms with Crippen LogP contribution in [0.3, 0.4) is 0 Å². The lowest BCUT2D eigenvalue weighted by Crippen LogP contribution is -2.62. The highest BCUT2D eigenvalue weighted by Crippen LogP contribution is 2.30. The minimum absolute atomic E-state index is 0.126. The molecule has 1 aromatic rings. The second kappa shape index (κ2) is 4.57. The van der Waals surface area contributed by atoms with Crippen LogP contribution in [0, 0.1) is 0 Å². The number of likely N-dealkylation sites (N-methyl/N-ethyl adjacent to an activating group) is 1. The summed E-state index contributed by atoms with van der Waals surface area (Å²) in [5.74, 6) is 0.126. The number of carbonyl (C=O) groups is 1. The zero-order chi connectivity index (χ0) is 13.3. The first-order valence-corrected chi connectivity index (χ1v) is 6.14. The molecule has 0 atom stereocenters. The van der Waals surface area contributed by atoms with E-state index in [0.717, 1.165) is 24.3 Å². The van der Waals surface area contributed by atoms with E-state index in [1.807, 2.05) is 27.0 Å². The highest BCUT2D eigenvalue weighted by molar-refractivity contribution is 5.90. The Bertz CT molecular complexity index is 458. The van der Waals surface area contributed by atoms with Crippen molar-refractivity contribution in [3.05, 3.63) is 24.0 Å². The van der Waals surface area contributed by atoms with Gasteiger partial charge in [-0.3, -0.25) is 9.78 Å². The molecule has 0 aliphatic carbocycles. The first kappa shape index (κ1) is 12.8. The van der Waals surface area contributed by atoms with Crippen molar-refractivity contribution in [2.75, 3.05) is 25.0 Å². The zero-order valence-corrected chi connectivity index (χ0v) is 11.2. The molecule has 1 aliphatic heterocycles. The van der Waals surface area contributed by atoms with Crippen molar-refractivity contribution in [3.8, 4) is 0 Å². The van der Waals surface area contributed by atoms with Gasteiger partial charge in [0.25, 0.3) is 0 Å². The van der Waals surface area contributed by atoms with Crippen molar-refractivity contribution in [1.29, 1.82) is 0 Å². The molecular weight excluding hydrogens is 228 g/mol. The van der Waals surface area contributed by atoms with Gasteiger partial charge in [0.1, 0.15) is 5.54 Å². The summed E-state index contributed by atoms with van der Waals surface area (Å²) in [6, 6.07) is 1.91. The number of anilines is 1. The first-order valence-electron chi connectivity index (χ1n) is 6.14. The third-order valence-electron chi connectivity index (χ3n) is 3.60. The molecule has 1 aliphatic rings. The average molecular weight is 248 g/mol. The second-order valence-electron chi connectivity index (χ2n) is 5.15. The third kappa shape index (κ3) is 1.95. The maximum atomic E-state index is 12.3. The van der Waals surface area contributed by atoms with Gasteiger partial charge in [-0.25, -0.2) is 0 Å². The van der Waals surface area contributed by atoms with Gasteiger partial charge < -0.3 is 15.5 Å². The minimum Gasteiger partial charge on any atom is -0.354 e. The van der Waals surface area contributed by atoms with Gasteiger partial charge in [-0.05, 0) is 25.5 Å². The predicted molar refractivity (Wildman–Crippen MR) is 71.2 cm³/mol. The van der Waals surface area contributed by atoms with Gasteiger partial charge in [0.05, 0.1) is 11.9 Å². The van der Waals surface area contributed by atoms with Gasteiger partial charge >= 0.3 is 0 Å². The highest BCUT2D eigenvalue weighted by Gasteiger charge is 2.41. The van der Waals surface area contributed by atoms with Crippen LogP contribution in [0.4, 0.5) is 5.69 Å². The van der Waals surface area contributed by atoms with Crippen LogP contribution in [0.5, 0.6) is 0 Å². The number of nitrogens with two attached hydrogens (primary N) is 1. The number of amides is 1.